The fraction of sp³-hybridized carbons (Fsp3) is 0.0769. The van der Waals surface area contributed by atoms with Gasteiger partial charge >= 0.3 is 58.2 Å². The van der Waals surface area contributed by atoms with Crippen LogP contribution in [0.2, 0.25) is 0 Å². The van der Waals surface area contributed by atoms with Gasteiger partial charge in [0, 0.05) is 0 Å². The molecule has 3 nitrogen and oxygen atoms in total. The van der Waals surface area contributed by atoms with Crippen molar-refractivity contribution in [2.45, 2.75) is 11.8 Å². The van der Waals surface area contributed by atoms with Crippen molar-refractivity contribution in [3.8, 4) is 0 Å². The van der Waals surface area contributed by atoms with E-state index in [9.17, 15) is 13.0 Å². The van der Waals surface area contributed by atoms with E-state index in [2.05, 4.69) is 6.58 Å². The standard InChI is InChI=1S/C13H12O3S.Rb/c1-9(2)11-8-7-10-5-3-4-6-12(10)13(11)17(14,15)16;/h3-8H,1H2,2H3,(H,14,15,16);/q;+1/p-1. The van der Waals surface area contributed by atoms with Gasteiger partial charge in [-0.3, -0.25) is 0 Å². The summed E-state index contributed by atoms with van der Waals surface area (Å²) in [6.07, 6.45) is 0. The summed E-state index contributed by atoms with van der Waals surface area (Å²) < 4.78 is 34.1. The predicted molar refractivity (Wildman–Crippen MR) is 66.6 cm³/mol. The van der Waals surface area contributed by atoms with Gasteiger partial charge in [0.15, 0.2) is 0 Å². The number of allylic oxidation sites excluding steroid dienone is 1. The molecule has 5 heteroatoms. The average Bonchev–Trinajstić information content (AvgIpc) is 2.26. The average molecular weight is 333 g/mol. The monoisotopic (exact) mass is 332 g/mol. The van der Waals surface area contributed by atoms with E-state index in [0.29, 0.717) is 16.5 Å². The molecule has 0 unspecified atom stereocenters. The zero-order valence-corrected chi connectivity index (χ0v) is 16.0. The maximum absolute atomic E-state index is 11.4. The summed E-state index contributed by atoms with van der Waals surface area (Å²) in [4.78, 5) is -0.178. The number of rotatable bonds is 2. The van der Waals surface area contributed by atoms with E-state index < -0.39 is 10.1 Å². The summed E-state index contributed by atoms with van der Waals surface area (Å²) in [6, 6.07) is 10.3. The molecule has 0 atom stereocenters. The van der Waals surface area contributed by atoms with Crippen LogP contribution in [0.1, 0.15) is 12.5 Å². The second-order valence-corrected chi connectivity index (χ2v) is 5.21. The van der Waals surface area contributed by atoms with Crippen molar-refractivity contribution >= 4 is 26.5 Å². The van der Waals surface area contributed by atoms with E-state index in [0.717, 1.165) is 5.39 Å². The van der Waals surface area contributed by atoms with Crippen LogP contribution in [0.4, 0.5) is 0 Å². The SMILES string of the molecule is C=C(C)c1ccc2ccccc2c1S(=O)(=O)[O-].[Rb+]. The molecular weight excluding hydrogens is 322 g/mol. The molecule has 0 saturated carbocycles. The van der Waals surface area contributed by atoms with Crippen LogP contribution in [0.5, 0.6) is 0 Å². The molecule has 0 N–H and O–H groups in total. The third kappa shape index (κ3) is 3.18. The van der Waals surface area contributed by atoms with Crippen LogP contribution in [0.15, 0.2) is 47.9 Å². The first-order valence-electron chi connectivity index (χ1n) is 5.05. The molecule has 0 aliphatic carbocycles. The van der Waals surface area contributed by atoms with Crippen LogP contribution in [-0.2, 0) is 10.1 Å². The van der Waals surface area contributed by atoms with Crippen molar-refractivity contribution in [2.75, 3.05) is 0 Å². The van der Waals surface area contributed by atoms with Crippen molar-refractivity contribution in [2.24, 2.45) is 0 Å². The molecule has 2 rings (SSSR count). The molecule has 88 valence electrons. The first-order valence-corrected chi connectivity index (χ1v) is 6.45. The van der Waals surface area contributed by atoms with E-state index in [1.807, 2.05) is 0 Å². The molecule has 0 aliphatic heterocycles. The molecule has 0 amide bonds. The Kier molecular flexibility index (Phi) is 5.47. The van der Waals surface area contributed by atoms with Crippen LogP contribution in [0.25, 0.3) is 16.3 Å². The Balaban J connectivity index is 0.00000162. The van der Waals surface area contributed by atoms with Crippen molar-refractivity contribution in [3.63, 3.8) is 0 Å². The maximum Gasteiger partial charge on any atom is 1.00 e. The van der Waals surface area contributed by atoms with Gasteiger partial charge in [-0.2, -0.15) is 0 Å². The third-order valence-corrected chi connectivity index (χ3v) is 3.53. The van der Waals surface area contributed by atoms with Gasteiger partial charge in [0.2, 0.25) is 0 Å². The van der Waals surface area contributed by atoms with Gasteiger partial charge in [-0.15, -0.1) is 0 Å². The van der Waals surface area contributed by atoms with E-state index in [1.54, 1.807) is 43.3 Å². The van der Waals surface area contributed by atoms with Crippen molar-refractivity contribution < 1.29 is 71.2 Å². The van der Waals surface area contributed by atoms with Gasteiger partial charge in [0.05, 0.1) is 4.90 Å². The Bertz CT molecular complexity index is 705. The molecule has 0 fully saturated rings. The second-order valence-electron chi connectivity index (χ2n) is 3.90. The summed E-state index contributed by atoms with van der Waals surface area (Å²) in [5, 5.41) is 1.18. The Morgan fingerprint density at radius 2 is 1.78 bits per heavy atom. The molecule has 0 heterocycles. The Labute approximate surface area is 155 Å². The number of hydrogen-bond acceptors (Lipinski definition) is 3. The third-order valence-electron chi connectivity index (χ3n) is 2.59. The summed E-state index contributed by atoms with van der Waals surface area (Å²) in [5.74, 6) is 0. The zero-order chi connectivity index (χ0) is 12.6. The molecule has 0 bridgehead atoms. The van der Waals surface area contributed by atoms with Crippen molar-refractivity contribution in [1.82, 2.24) is 0 Å². The summed E-state index contributed by atoms with van der Waals surface area (Å²) in [6.45, 7) is 5.38. The molecule has 18 heavy (non-hydrogen) atoms. The molecule has 0 radical (unpaired) electrons. The molecule has 2 aromatic carbocycles. The Morgan fingerprint density at radius 1 is 1.17 bits per heavy atom. The second kappa shape index (κ2) is 6.07. The molecule has 0 aliphatic rings. The van der Waals surface area contributed by atoms with E-state index in [4.69, 9.17) is 0 Å². The quantitative estimate of drug-likeness (QED) is 0.715. The van der Waals surface area contributed by atoms with Crippen LogP contribution in [0.3, 0.4) is 0 Å². The van der Waals surface area contributed by atoms with Crippen molar-refractivity contribution in [1.29, 1.82) is 0 Å². The van der Waals surface area contributed by atoms with Gasteiger partial charge in [0.25, 0.3) is 0 Å². The normalized spacial score (nSPS) is 11.0. The molecular formula is C13H11O3RbS. The molecule has 2 aromatic rings. The van der Waals surface area contributed by atoms with Gasteiger partial charge < -0.3 is 4.55 Å². The smallest absolute Gasteiger partial charge is 0.744 e. The fourth-order valence-electron chi connectivity index (χ4n) is 1.85. The van der Waals surface area contributed by atoms with Crippen molar-refractivity contribution in [3.05, 3.63) is 48.5 Å². The first kappa shape index (κ1) is 16.2. The van der Waals surface area contributed by atoms with Gasteiger partial charge in [-0.1, -0.05) is 43.0 Å². The molecule has 0 aromatic heterocycles. The van der Waals surface area contributed by atoms with Gasteiger partial charge in [-0.25, -0.2) is 8.42 Å². The van der Waals surface area contributed by atoms with E-state index >= 15 is 0 Å². The van der Waals surface area contributed by atoms with E-state index in [-0.39, 0.29) is 63.1 Å². The summed E-state index contributed by atoms with van der Waals surface area (Å²) in [5.41, 5.74) is 0.948. The number of hydrogen-bond donors (Lipinski definition) is 0. The number of benzene rings is 2. The summed E-state index contributed by atoms with van der Waals surface area (Å²) in [7, 11) is -4.52. The minimum atomic E-state index is -4.52. The van der Waals surface area contributed by atoms with Crippen LogP contribution in [0, 0.1) is 0 Å². The number of fused-ring (bicyclic) bond motifs is 1. The van der Waals surface area contributed by atoms with Gasteiger partial charge in [-0.05, 0) is 28.8 Å². The largest absolute Gasteiger partial charge is 1.00 e. The topological polar surface area (TPSA) is 57.2 Å². The van der Waals surface area contributed by atoms with E-state index in [1.165, 1.54) is 0 Å². The Morgan fingerprint density at radius 3 is 2.33 bits per heavy atom. The van der Waals surface area contributed by atoms with Crippen LogP contribution in [-0.4, -0.2) is 13.0 Å². The van der Waals surface area contributed by atoms with Crippen LogP contribution < -0.4 is 58.2 Å². The minimum absolute atomic E-state index is 0. The molecule has 0 spiro atoms. The zero-order valence-electron chi connectivity index (χ0n) is 10.3. The van der Waals surface area contributed by atoms with Crippen LogP contribution >= 0.6 is 0 Å². The Hall–Kier alpha value is 0.155. The maximum atomic E-state index is 11.4. The van der Waals surface area contributed by atoms with Gasteiger partial charge in [0.1, 0.15) is 10.1 Å². The molecule has 0 saturated heterocycles. The first-order chi connectivity index (χ1) is 7.91. The predicted octanol–water partition coefficient (Wildman–Crippen LogP) is -0.219. The fourth-order valence-corrected chi connectivity index (χ4v) is 2.82. The summed E-state index contributed by atoms with van der Waals surface area (Å²) >= 11 is 0. The minimum Gasteiger partial charge on any atom is -0.744 e.